The molecule has 0 aliphatic carbocycles. The van der Waals surface area contributed by atoms with Gasteiger partial charge in [0.2, 0.25) is 11.8 Å². The first kappa shape index (κ1) is 21.6. The zero-order valence-electron chi connectivity index (χ0n) is 16.8. The summed E-state index contributed by atoms with van der Waals surface area (Å²) in [5, 5.41) is 3.01. The van der Waals surface area contributed by atoms with E-state index < -0.39 is 6.04 Å². The molecule has 1 N–H and O–H groups in total. The van der Waals surface area contributed by atoms with E-state index in [9.17, 15) is 14.0 Å². The Morgan fingerprint density at radius 2 is 1.64 bits per heavy atom. The summed E-state index contributed by atoms with van der Waals surface area (Å²) in [7, 11) is 0. The first-order valence-corrected chi connectivity index (χ1v) is 9.82. The summed E-state index contributed by atoms with van der Waals surface area (Å²) in [4.78, 5) is 27.4. The average molecular weight is 384 g/mol. The Hall–Kier alpha value is -2.69. The number of benzene rings is 2. The summed E-state index contributed by atoms with van der Waals surface area (Å²) in [5.41, 5.74) is 1.78. The van der Waals surface area contributed by atoms with Gasteiger partial charge in [-0.3, -0.25) is 9.59 Å². The van der Waals surface area contributed by atoms with Crippen molar-refractivity contribution in [2.75, 3.05) is 0 Å². The molecular weight excluding hydrogens is 355 g/mol. The Labute approximate surface area is 166 Å². The fourth-order valence-corrected chi connectivity index (χ4v) is 2.98. The Kier molecular flexibility index (Phi) is 8.18. The molecule has 0 unspecified atom stereocenters. The van der Waals surface area contributed by atoms with Gasteiger partial charge >= 0.3 is 0 Å². The minimum Gasteiger partial charge on any atom is -0.352 e. The van der Waals surface area contributed by atoms with Crippen molar-refractivity contribution in [3.8, 4) is 0 Å². The highest BCUT2D eigenvalue weighted by Gasteiger charge is 2.30. The maximum Gasteiger partial charge on any atom is 0.243 e. The van der Waals surface area contributed by atoms with Gasteiger partial charge in [0.25, 0.3) is 0 Å². The van der Waals surface area contributed by atoms with Crippen LogP contribution in [-0.2, 0) is 22.6 Å². The molecule has 4 nitrogen and oxygen atoms in total. The lowest BCUT2D eigenvalue weighted by atomic mass is 10.0. The summed E-state index contributed by atoms with van der Waals surface area (Å²) < 4.78 is 13.3. The molecule has 2 aromatic rings. The van der Waals surface area contributed by atoms with Crippen molar-refractivity contribution in [2.24, 2.45) is 0 Å². The molecule has 0 spiro atoms. The molecule has 0 radical (unpaired) electrons. The van der Waals surface area contributed by atoms with Crippen LogP contribution in [0.1, 0.15) is 44.7 Å². The van der Waals surface area contributed by atoms with Crippen LogP contribution in [0.3, 0.4) is 0 Å². The van der Waals surface area contributed by atoms with Gasteiger partial charge in [-0.2, -0.15) is 0 Å². The lowest BCUT2D eigenvalue weighted by molar-refractivity contribution is -0.141. The molecule has 2 rings (SSSR count). The maximum atomic E-state index is 13.3. The summed E-state index contributed by atoms with van der Waals surface area (Å²) in [6.45, 7) is 6.00. The number of rotatable bonds is 9. The van der Waals surface area contributed by atoms with Gasteiger partial charge in [0.1, 0.15) is 11.9 Å². The second-order valence-electron chi connectivity index (χ2n) is 7.03. The Bertz CT molecular complexity index is 762. The largest absolute Gasteiger partial charge is 0.352 e. The van der Waals surface area contributed by atoms with E-state index in [1.807, 2.05) is 44.2 Å². The number of halogens is 1. The van der Waals surface area contributed by atoms with E-state index >= 15 is 0 Å². The molecule has 0 bridgehead atoms. The van der Waals surface area contributed by atoms with Crippen LogP contribution in [0.25, 0.3) is 0 Å². The van der Waals surface area contributed by atoms with Crippen LogP contribution in [0.2, 0.25) is 0 Å². The van der Waals surface area contributed by atoms with E-state index in [2.05, 4.69) is 5.32 Å². The van der Waals surface area contributed by atoms with Gasteiger partial charge in [-0.15, -0.1) is 0 Å². The van der Waals surface area contributed by atoms with Gasteiger partial charge in [0.05, 0.1) is 0 Å². The summed E-state index contributed by atoms with van der Waals surface area (Å²) >= 11 is 0. The van der Waals surface area contributed by atoms with Gasteiger partial charge in [0, 0.05) is 25.4 Å². The van der Waals surface area contributed by atoms with Crippen molar-refractivity contribution in [1.82, 2.24) is 10.2 Å². The minimum atomic E-state index is -0.631. The van der Waals surface area contributed by atoms with E-state index in [1.54, 1.807) is 24.0 Å². The van der Waals surface area contributed by atoms with Crippen LogP contribution in [0.15, 0.2) is 54.6 Å². The molecule has 0 heterocycles. The molecular formula is C23H29FN2O2. The fraction of sp³-hybridized carbons (Fsp3) is 0.391. The molecule has 0 saturated carbocycles. The normalized spacial score (nSPS) is 12.9. The molecule has 0 fully saturated rings. The second-order valence-corrected chi connectivity index (χ2v) is 7.03. The van der Waals surface area contributed by atoms with Crippen molar-refractivity contribution >= 4 is 11.8 Å². The minimum absolute atomic E-state index is 0.0233. The standard InChI is InChI=1S/C23H29FN2O2/c1-4-17(3)25-23(28)21(15-18-9-7-6-8-10-18)26(22(27)5-2)16-19-11-13-20(24)14-12-19/h6-14,17,21H,4-5,15-16H2,1-3H3,(H,25,28)/t17-,21+/m1/s1. The smallest absolute Gasteiger partial charge is 0.243 e. The highest BCUT2D eigenvalue weighted by molar-refractivity contribution is 5.88. The Balaban J connectivity index is 2.33. The molecule has 0 aliphatic rings. The number of carbonyl (C=O) groups excluding carboxylic acids is 2. The van der Waals surface area contributed by atoms with E-state index in [1.165, 1.54) is 12.1 Å². The van der Waals surface area contributed by atoms with Crippen molar-refractivity contribution in [3.05, 3.63) is 71.5 Å². The third kappa shape index (κ3) is 6.19. The van der Waals surface area contributed by atoms with Gasteiger partial charge in [0.15, 0.2) is 0 Å². The van der Waals surface area contributed by atoms with Crippen molar-refractivity contribution in [3.63, 3.8) is 0 Å². The van der Waals surface area contributed by atoms with Crippen LogP contribution in [0, 0.1) is 5.82 Å². The maximum absolute atomic E-state index is 13.3. The molecule has 5 heteroatoms. The SMILES string of the molecule is CCC(=O)N(Cc1ccc(F)cc1)[C@@H](Cc1ccccc1)C(=O)N[C@H](C)CC. The second kappa shape index (κ2) is 10.6. The third-order valence-corrected chi connectivity index (χ3v) is 4.84. The number of carbonyl (C=O) groups is 2. The van der Waals surface area contributed by atoms with Gasteiger partial charge in [-0.1, -0.05) is 56.3 Å². The van der Waals surface area contributed by atoms with Crippen LogP contribution in [0.5, 0.6) is 0 Å². The number of amides is 2. The number of hydrogen-bond donors (Lipinski definition) is 1. The predicted molar refractivity (Wildman–Crippen MR) is 109 cm³/mol. The van der Waals surface area contributed by atoms with Crippen molar-refractivity contribution < 1.29 is 14.0 Å². The predicted octanol–water partition coefficient (Wildman–Crippen LogP) is 4.09. The monoisotopic (exact) mass is 384 g/mol. The quantitative estimate of drug-likeness (QED) is 0.708. The van der Waals surface area contributed by atoms with Gasteiger partial charge in [-0.25, -0.2) is 4.39 Å². The number of nitrogens with zero attached hydrogens (tertiary/aromatic N) is 1. The third-order valence-electron chi connectivity index (χ3n) is 4.84. The van der Waals surface area contributed by atoms with Gasteiger partial charge < -0.3 is 10.2 Å². The highest BCUT2D eigenvalue weighted by atomic mass is 19.1. The molecule has 28 heavy (non-hydrogen) atoms. The zero-order valence-corrected chi connectivity index (χ0v) is 16.8. The molecule has 2 aromatic carbocycles. The summed E-state index contributed by atoms with van der Waals surface area (Å²) in [6, 6.07) is 15.1. The lowest BCUT2D eigenvalue weighted by Crippen LogP contribution is -2.52. The molecule has 0 aromatic heterocycles. The molecule has 150 valence electrons. The fourth-order valence-electron chi connectivity index (χ4n) is 2.98. The van der Waals surface area contributed by atoms with E-state index in [4.69, 9.17) is 0 Å². The summed E-state index contributed by atoms with van der Waals surface area (Å²) in [6.07, 6.45) is 1.53. The van der Waals surface area contributed by atoms with Crippen molar-refractivity contribution in [2.45, 2.75) is 58.7 Å². The van der Waals surface area contributed by atoms with Gasteiger partial charge in [-0.05, 0) is 36.6 Å². The Morgan fingerprint density at radius 3 is 2.21 bits per heavy atom. The van der Waals surface area contributed by atoms with Crippen LogP contribution >= 0.6 is 0 Å². The topological polar surface area (TPSA) is 49.4 Å². The molecule has 2 atom stereocenters. The number of hydrogen-bond acceptors (Lipinski definition) is 2. The van der Waals surface area contributed by atoms with Crippen LogP contribution < -0.4 is 5.32 Å². The summed E-state index contributed by atoms with van der Waals surface area (Å²) in [5.74, 6) is -0.598. The van der Waals surface area contributed by atoms with E-state index in [0.29, 0.717) is 12.8 Å². The first-order valence-electron chi connectivity index (χ1n) is 9.82. The van der Waals surface area contributed by atoms with Crippen molar-refractivity contribution in [1.29, 1.82) is 0 Å². The van der Waals surface area contributed by atoms with Crippen LogP contribution in [0.4, 0.5) is 4.39 Å². The molecule has 0 aliphatic heterocycles. The Morgan fingerprint density at radius 1 is 1.00 bits per heavy atom. The van der Waals surface area contributed by atoms with Crippen LogP contribution in [-0.4, -0.2) is 28.8 Å². The lowest BCUT2D eigenvalue weighted by Gasteiger charge is -2.32. The molecule has 2 amide bonds. The number of nitrogens with one attached hydrogen (secondary N) is 1. The highest BCUT2D eigenvalue weighted by Crippen LogP contribution is 2.16. The van der Waals surface area contributed by atoms with E-state index in [-0.39, 0.29) is 30.2 Å². The zero-order chi connectivity index (χ0) is 20.5. The van der Waals surface area contributed by atoms with E-state index in [0.717, 1.165) is 17.5 Å². The first-order chi connectivity index (χ1) is 13.4. The average Bonchev–Trinajstić information content (AvgIpc) is 2.71. The molecule has 0 saturated heterocycles.